The van der Waals surface area contributed by atoms with Gasteiger partial charge >= 0.3 is 0 Å². The first kappa shape index (κ1) is 20.9. The zero-order valence-corrected chi connectivity index (χ0v) is 18.2. The molecule has 9 heteroatoms. The van der Waals surface area contributed by atoms with Crippen LogP contribution in [0.1, 0.15) is 41.1 Å². The first-order valence-corrected chi connectivity index (χ1v) is 10.7. The van der Waals surface area contributed by atoms with E-state index in [4.69, 9.17) is 16.0 Å². The van der Waals surface area contributed by atoms with E-state index in [0.29, 0.717) is 5.15 Å². The summed E-state index contributed by atoms with van der Waals surface area (Å²) in [5.74, 6) is -0.189. The number of nitrogens with zero attached hydrogens (tertiary/aromatic N) is 4. The van der Waals surface area contributed by atoms with Crippen molar-refractivity contribution in [3.63, 3.8) is 0 Å². The van der Waals surface area contributed by atoms with E-state index in [1.807, 2.05) is 18.9 Å². The van der Waals surface area contributed by atoms with Gasteiger partial charge in [-0.05, 0) is 50.3 Å². The molecule has 8 nitrogen and oxygen atoms in total. The Kier molecular flexibility index (Phi) is 5.88. The minimum atomic E-state index is -0.363. The van der Waals surface area contributed by atoms with E-state index in [1.54, 1.807) is 16.8 Å². The fraction of sp³-hybridized carbons (Fsp3) is 0.571. The lowest BCUT2D eigenvalue weighted by Crippen LogP contribution is -2.47. The molecule has 162 valence electrons. The molecule has 2 aliphatic heterocycles. The first-order valence-electron chi connectivity index (χ1n) is 10.4. The molecule has 1 N–H and O–H groups in total. The number of halogens is 1. The Morgan fingerprint density at radius 3 is 2.63 bits per heavy atom. The lowest BCUT2D eigenvalue weighted by atomic mass is 9.78. The van der Waals surface area contributed by atoms with Crippen molar-refractivity contribution in [3.8, 4) is 0 Å². The number of amides is 2. The first-order chi connectivity index (χ1) is 14.4. The average Bonchev–Trinajstić information content (AvgIpc) is 3.45. The molecule has 2 amide bonds. The molecule has 0 radical (unpaired) electrons. The maximum atomic E-state index is 12.5. The van der Waals surface area contributed by atoms with Crippen LogP contribution in [0.5, 0.6) is 0 Å². The van der Waals surface area contributed by atoms with Crippen LogP contribution in [0.15, 0.2) is 22.8 Å². The van der Waals surface area contributed by atoms with Gasteiger partial charge in [-0.25, -0.2) is 0 Å². The summed E-state index contributed by atoms with van der Waals surface area (Å²) in [6.07, 6.45) is 4.55. The van der Waals surface area contributed by atoms with E-state index >= 15 is 0 Å². The van der Waals surface area contributed by atoms with Gasteiger partial charge in [-0.2, -0.15) is 5.10 Å². The Morgan fingerprint density at radius 2 is 2.00 bits per heavy atom. The van der Waals surface area contributed by atoms with Crippen LogP contribution in [-0.2, 0) is 18.4 Å². The Morgan fingerprint density at radius 1 is 1.27 bits per heavy atom. The van der Waals surface area contributed by atoms with Crippen LogP contribution in [0, 0.1) is 12.3 Å². The number of rotatable bonds is 5. The summed E-state index contributed by atoms with van der Waals surface area (Å²) in [6, 6.07) is 3.23. The minimum Gasteiger partial charge on any atom is -0.459 e. The van der Waals surface area contributed by atoms with Crippen LogP contribution in [0.25, 0.3) is 0 Å². The van der Waals surface area contributed by atoms with E-state index < -0.39 is 0 Å². The Balaban J connectivity index is 1.26. The molecule has 0 aliphatic carbocycles. The van der Waals surface area contributed by atoms with Crippen molar-refractivity contribution >= 4 is 23.4 Å². The van der Waals surface area contributed by atoms with Crippen molar-refractivity contribution in [2.45, 2.75) is 32.7 Å². The molecule has 2 aliphatic rings. The van der Waals surface area contributed by atoms with E-state index in [1.165, 1.54) is 6.26 Å². The highest BCUT2D eigenvalue weighted by Gasteiger charge is 2.41. The van der Waals surface area contributed by atoms with Gasteiger partial charge in [-0.1, -0.05) is 11.6 Å². The third kappa shape index (κ3) is 4.25. The average molecular weight is 434 g/mol. The minimum absolute atomic E-state index is 0.00254. The van der Waals surface area contributed by atoms with Crippen LogP contribution >= 0.6 is 11.6 Å². The molecule has 0 bridgehead atoms. The molecule has 0 unspecified atom stereocenters. The number of nitrogens with one attached hydrogen (secondary N) is 1. The van der Waals surface area contributed by atoms with Crippen molar-refractivity contribution in [1.82, 2.24) is 24.9 Å². The molecule has 4 rings (SSSR count). The van der Waals surface area contributed by atoms with Gasteiger partial charge in [0.05, 0.1) is 18.5 Å². The van der Waals surface area contributed by atoms with Crippen LogP contribution in [0.2, 0.25) is 5.15 Å². The number of hydrogen-bond acceptors (Lipinski definition) is 5. The summed E-state index contributed by atoms with van der Waals surface area (Å²) in [4.78, 5) is 28.8. The van der Waals surface area contributed by atoms with Crippen molar-refractivity contribution in [1.29, 1.82) is 0 Å². The van der Waals surface area contributed by atoms with Gasteiger partial charge in [0.15, 0.2) is 5.76 Å². The lowest BCUT2D eigenvalue weighted by molar-refractivity contribution is -0.132. The third-order valence-corrected chi connectivity index (χ3v) is 6.96. The smallest absolute Gasteiger partial charge is 0.287 e. The molecule has 0 atom stereocenters. The summed E-state index contributed by atoms with van der Waals surface area (Å²) in [5, 5.41) is 7.76. The van der Waals surface area contributed by atoms with Crippen LogP contribution < -0.4 is 5.32 Å². The van der Waals surface area contributed by atoms with Crippen molar-refractivity contribution in [3.05, 3.63) is 40.6 Å². The zero-order valence-electron chi connectivity index (χ0n) is 17.5. The highest BCUT2D eigenvalue weighted by atomic mass is 35.5. The predicted octanol–water partition coefficient (Wildman–Crippen LogP) is 2.22. The van der Waals surface area contributed by atoms with Crippen LogP contribution in [0.3, 0.4) is 0 Å². The third-order valence-electron chi connectivity index (χ3n) is 6.49. The highest BCUT2D eigenvalue weighted by molar-refractivity contribution is 6.30. The maximum absolute atomic E-state index is 12.5. The van der Waals surface area contributed by atoms with Gasteiger partial charge in [0.2, 0.25) is 5.91 Å². The molecule has 2 fully saturated rings. The molecule has 1 spiro atoms. The fourth-order valence-corrected chi connectivity index (χ4v) is 4.88. The quantitative estimate of drug-likeness (QED) is 0.781. The van der Waals surface area contributed by atoms with Crippen molar-refractivity contribution in [2.24, 2.45) is 12.5 Å². The van der Waals surface area contributed by atoms with Gasteiger partial charge in [-0.3, -0.25) is 19.2 Å². The van der Waals surface area contributed by atoms with Crippen LogP contribution in [0.4, 0.5) is 0 Å². The predicted molar refractivity (Wildman–Crippen MR) is 112 cm³/mol. The Bertz CT molecular complexity index is 915. The molecule has 0 aromatic carbocycles. The monoisotopic (exact) mass is 433 g/mol. The van der Waals surface area contributed by atoms with Gasteiger partial charge in [0.25, 0.3) is 5.91 Å². The van der Waals surface area contributed by atoms with Gasteiger partial charge in [0, 0.05) is 38.8 Å². The largest absolute Gasteiger partial charge is 0.459 e. The number of aromatic nitrogens is 2. The maximum Gasteiger partial charge on any atom is 0.287 e. The van der Waals surface area contributed by atoms with E-state index in [0.717, 1.165) is 63.2 Å². The van der Waals surface area contributed by atoms with Gasteiger partial charge in [-0.15, -0.1) is 0 Å². The van der Waals surface area contributed by atoms with Gasteiger partial charge in [0.1, 0.15) is 5.15 Å². The van der Waals surface area contributed by atoms with Crippen LogP contribution in [-0.4, -0.2) is 64.1 Å². The normalized spacial score (nSPS) is 18.8. The second kappa shape index (κ2) is 8.43. The molecule has 0 saturated carbocycles. The number of piperidine rings is 1. The number of carbonyl (C=O) groups excluding carboxylic acids is 2. The summed E-state index contributed by atoms with van der Waals surface area (Å²) in [6.45, 7) is 6.35. The second-order valence-corrected chi connectivity index (χ2v) is 8.84. The molecule has 2 aromatic rings. The number of furan rings is 1. The van der Waals surface area contributed by atoms with Crippen molar-refractivity contribution < 1.29 is 14.0 Å². The number of aryl methyl sites for hydroxylation is 2. The number of likely N-dealkylation sites (tertiary alicyclic amines) is 2. The standard InChI is InChI=1S/C21H28ClN5O3/c1-15-16(19(22)25(2)24-15)13-26-8-5-21(14-26)6-9-27(10-7-21)18(28)12-23-20(29)17-4-3-11-30-17/h3-4,11H,5-10,12-14H2,1-2H3,(H,23,29). The molecule has 2 saturated heterocycles. The number of carbonyl (C=O) groups is 2. The molecule has 30 heavy (non-hydrogen) atoms. The summed E-state index contributed by atoms with van der Waals surface area (Å²) in [7, 11) is 1.87. The molecule has 4 heterocycles. The Labute approximate surface area is 181 Å². The zero-order chi connectivity index (χ0) is 21.3. The van der Waals surface area contributed by atoms with E-state index in [2.05, 4.69) is 15.3 Å². The SMILES string of the molecule is Cc1nn(C)c(Cl)c1CN1CCC2(CCN(C(=O)CNC(=O)c3ccco3)CC2)C1. The lowest BCUT2D eigenvalue weighted by Gasteiger charge is -2.39. The number of hydrogen-bond donors (Lipinski definition) is 1. The fourth-order valence-electron chi connectivity index (χ4n) is 4.64. The molecular weight excluding hydrogens is 406 g/mol. The van der Waals surface area contributed by atoms with E-state index in [9.17, 15) is 9.59 Å². The summed E-state index contributed by atoms with van der Waals surface area (Å²) < 4.78 is 6.78. The highest BCUT2D eigenvalue weighted by Crippen LogP contribution is 2.41. The van der Waals surface area contributed by atoms with E-state index in [-0.39, 0.29) is 29.5 Å². The summed E-state index contributed by atoms with van der Waals surface area (Å²) >= 11 is 6.40. The van der Waals surface area contributed by atoms with Crippen molar-refractivity contribution in [2.75, 3.05) is 32.7 Å². The molecular formula is C21H28ClN5O3. The van der Waals surface area contributed by atoms with Gasteiger partial charge < -0.3 is 14.6 Å². The Hall–Kier alpha value is -2.32. The topological polar surface area (TPSA) is 83.6 Å². The second-order valence-electron chi connectivity index (χ2n) is 8.48. The summed E-state index contributed by atoms with van der Waals surface area (Å²) in [5.41, 5.74) is 2.35. The molecule has 2 aromatic heterocycles.